The van der Waals surface area contributed by atoms with Crippen molar-refractivity contribution in [2.45, 2.75) is 0 Å². The monoisotopic (exact) mass is 532 g/mol. The molecule has 6 nitrogen and oxygen atoms in total. The molecule has 0 spiro atoms. The lowest BCUT2D eigenvalue weighted by atomic mass is 10.2. The summed E-state index contributed by atoms with van der Waals surface area (Å²) in [6.45, 7) is -0.451. The predicted octanol–water partition coefficient (Wildman–Crippen LogP) is 4.20. The molecule has 0 aliphatic heterocycles. The number of nitrogens with one attached hydrogen (secondary N) is 1. The first kappa shape index (κ1) is 19.6. The van der Waals surface area contributed by atoms with E-state index in [1.165, 1.54) is 6.21 Å². The Labute approximate surface area is 168 Å². The zero-order valence-corrected chi connectivity index (χ0v) is 17.3. The molecule has 2 aromatic rings. The molecular weight excluding hydrogens is 524 g/mol. The number of rotatable bonds is 6. The molecule has 0 bridgehead atoms. The number of hydrazone groups is 1. The van der Waals surface area contributed by atoms with Crippen molar-refractivity contribution in [2.75, 3.05) is 6.61 Å². The molecule has 9 heteroatoms. The SMILES string of the molecule is O=C(O)COc1c(Br)cc(/C=N\NC(=O)c2cccc(Br)c2)cc1Br. The number of nitrogens with zero attached hydrogens (tertiary/aromatic N) is 1. The fourth-order valence-corrected chi connectivity index (χ4v) is 3.64. The summed E-state index contributed by atoms with van der Waals surface area (Å²) < 4.78 is 7.10. The molecule has 0 saturated heterocycles. The minimum absolute atomic E-state index is 0.336. The summed E-state index contributed by atoms with van der Waals surface area (Å²) in [6.07, 6.45) is 1.46. The summed E-state index contributed by atoms with van der Waals surface area (Å²) in [5, 5.41) is 12.6. The lowest BCUT2D eigenvalue weighted by molar-refractivity contribution is -0.139. The van der Waals surface area contributed by atoms with Crippen molar-refractivity contribution < 1.29 is 19.4 Å². The van der Waals surface area contributed by atoms with Crippen LogP contribution in [0.5, 0.6) is 5.75 Å². The van der Waals surface area contributed by atoms with Crippen LogP contribution in [-0.2, 0) is 4.79 Å². The quantitative estimate of drug-likeness (QED) is 0.429. The fraction of sp³-hybridized carbons (Fsp3) is 0.0625. The van der Waals surface area contributed by atoms with Crippen molar-refractivity contribution in [3.63, 3.8) is 0 Å². The highest BCUT2D eigenvalue weighted by atomic mass is 79.9. The minimum Gasteiger partial charge on any atom is -0.480 e. The Kier molecular flexibility index (Phi) is 7.15. The Bertz CT molecular complexity index is 817. The first-order chi connectivity index (χ1) is 11.9. The average molecular weight is 535 g/mol. The lowest BCUT2D eigenvalue weighted by Gasteiger charge is -2.09. The highest BCUT2D eigenvalue weighted by Crippen LogP contribution is 2.34. The van der Waals surface area contributed by atoms with Gasteiger partial charge in [0.05, 0.1) is 15.2 Å². The van der Waals surface area contributed by atoms with Gasteiger partial charge >= 0.3 is 5.97 Å². The van der Waals surface area contributed by atoms with Crippen molar-refractivity contribution in [1.29, 1.82) is 0 Å². The third-order valence-corrected chi connectivity index (χ3v) is 4.50. The molecule has 0 fully saturated rings. The maximum Gasteiger partial charge on any atom is 0.341 e. The number of aliphatic carboxylic acids is 1. The van der Waals surface area contributed by atoms with Crippen molar-refractivity contribution in [1.82, 2.24) is 5.43 Å². The zero-order valence-electron chi connectivity index (χ0n) is 12.5. The molecule has 0 heterocycles. The van der Waals surface area contributed by atoms with Gasteiger partial charge in [0.1, 0.15) is 5.75 Å². The number of benzene rings is 2. The second-order valence-electron chi connectivity index (χ2n) is 4.71. The Morgan fingerprint density at radius 2 is 1.84 bits per heavy atom. The van der Waals surface area contributed by atoms with Crippen LogP contribution in [0.15, 0.2) is 54.9 Å². The number of hydrogen-bond donors (Lipinski definition) is 2. The standard InChI is InChI=1S/C16H11Br3N2O4/c17-11-3-1-2-10(6-11)16(24)21-20-7-9-4-12(18)15(13(19)5-9)25-8-14(22)23/h1-7H,8H2,(H,21,24)(H,22,23)/b20-7-. The van der Waals surface area contributed by atoms with Gasteiger partial charge in [-0.1, -0.05) is 22.0 Å². The third-order valence-electron chi connectivity index (χ3n) is 2.83. The van der Waals surface area contributed by atoms with Crippen LogP contribution < -0.4 is 10.2 Å². The third kappa shape index (κ3) is 5.94. The van der Waals surface area contributed by atoms with Crippen molar-refractivity contribution in [2.24, 2.45) is 5.10 Å². The molecule has 25 heavy (non-hydrogen) atoms. The van der Waals surface area contributed by atoms with Crippen molar-refractivity contribution in [3.8, 4) is 5.75 Å². The minimum atomic E-state index is -1.07. The maximum absolute atomic E-state index is 12.0. The topological polar surface area (TPSA) is 88.0 Å². The average Bonchev–Trinajstić information content (AvgIpc) is 2.53. The van der Waals surface area contributed by atoms with Gasteiger partial charge in [0.25, 0.3) is 5.91 Å². The molecule has 0 unspecified atom stereocenters. The van der Waals surface area contributed by atoms with Crippen LogP contribution in [0.1, 0.15) is 15.9 Å². The highest BCUT2D eigenvalue weighted by molar-refractivity contribution is 9.11. The summed E-state index contributed by atoms with van der Waals surface area (Å²) in [6, 6.07) is 10.3. The van der Waals surface area contributed by atoms with E-state index in [0.29, 0.717) is 25.8 Å². The summed E-state index contributed by atoms with van der Waals surface area (Å²) in [7, 11) is 0. The maximum atomic E-state index is 12.0. The molecule has 2 rings (SSSR count). The van der Waals surface area contributed by atoms with Crippen LogP contribution >= 0.6 is 47.8 Å². The first-order valence-corrected chi connectivity index (χ1v) is 9.17. The van der Waals surface area contributed by atoms with E-state index in [2.05, 4.69) is 58.3 Å². The molecule has 130 valence electrons. The molecule has 0 atom stereocenters. The van der Waals surface area contributed by atoms with Gasteiger partial charge in [-0.25, -0.2) is 10.2 Å². The van der Waals surface area contributed by atoms with Crippen LogP contribution in [0, 0.1) is 0 Å². The molecule has 0 radical (unpaired) electrons. The van der Waals surface area contributed by atoms with Gasteiger partial charge < -0.3 is 9.84 Å². The van der Waals surface area contributed by atoms with Crippen molar-refractivity contribution >= 4 is 65.9 Å². The molecule has 0 aliphatic carbocycles. The smallest absolute Gasteiger partial charge is 0.341 e. The Hall–Kier alpha value is -1.71. The number of carbonyl (C=O) groups excluding carboxylic acids is 1. The molecule has 1 amide bonds. The second kappa shape index (κ2) is 9.12. The number of carboxylic acid groups (broad SMARTS) is 1. The van der Waals surface area contributed by atoms with Crippen LogP contribution in [-0.4, -0.2) is 29.8 Å². The van der Waals surface area contributed by atoms with Gasteiger partial charge in [-0.2, -0.15) is 5.10 Å². The number of halogens is 3. The van der Waals surface area contributed by atoms with Crippen LogP contribution in [0.2, 0.25) is 0 Å². The molecule has 0 saturated carbocycles. The number of ether oxygens (including phenoxy) is 1. The predicted molar refractivity (Wildman–Crippen MR) is 104 cm³/mol. The van der Waals surface area contributed by atoms with Crippen molar-refractivity contribution in [3.05, 3.63) is 60.9 Å². The van der Waals surface area contributed by atoms with E-state index in [0.717, 1.165) is 4.47 Å². The summed E-state index contributed by atoms with van der Waals surface area (Å²) >= 11 is 9.93. The zero-order chi connectivity index (χ0) is 18.4. The van der Waals surface area contributed by atoms with Gasteiger partial charge in [0.15, 0.2) is 6.61 Å². The summed E-state index contributed by atoms with van der Waals surface area (Å²) in [5.41, 5.74) is 3.59. The Morgan fingerprint density at radius 3 is 2.44 bits per heavy atom. The van der Waals surface area contributed by atoms with Crippen LogP contribution in [0.25, 0.3) is 0 Å². The normalized spacial score (nSPS) is 10.7. The van der Waals surface area contributed by atoms with Gasteiger partial charge in [-0.3, -0.25) is 4.79 Å². The molecular formula is C16H11Br3N2O4. The number of amides is 1. The van der Waals surface area contributed by atoms with E-state index in [1.54, 1.807) is 30.3 Å². The van der Waals surface area contributed by atoms with E-state index in [9.17, 15) is 9.59 Å². The van der Waals surface area contributed by atoms with Crippen LogP contribution in [0.3, 0.4) is 0 Å². The van der Waals surface area contributed by atoms with Gasteiger partial charge in [0.2, 0.25) is 0 Å². The number of carboxylic acids is 1. The summed E-state index contributed by atoms with van der Waals surface area (Å²) in [4.78, 5) is 22.6. The van der Waals surface area contributed by atoms with E-state index >= 15 is 0 Å². The molecule has 0 aromatic heterocycles. The number of carbonyl (C=O) groups is 2. The highest BCUT2D eigenvalue weighted by Gasteiger charge is 2.10. The van der Waals surface area contributed by atoms with Gasteiger partial charge in [-0.05, 0) is 67.8 Å². The Balaban J connectivity index is 2.06. The molecule has 2 aromatic carbocycles. The lowest BCUT2D eigenvalue weighted by Crippen LogP contribution is -2.17. The second-order valence-corrected chi connectivity index (χ2v) is 7.33. The van der Waals surface area contributed by atoms with E-state index in [4.69, 9.17) is 9.84 Å². The number of hydrogen-bond acceptors (Lipinski definition) is 4. The van der Waals surface area contributed by atoms with E-state index < -0.39 is 12.6 Å². The van der Waals surface area contributed by atoms with Gasteiger partial charge in [-0.15, -0.1) is 0 Å². The summed E-state index contributed by atoms with van der Waals surface area (Å²) in [5.74, 6) is -1.03. The van der Waals surface area contributed by atoms with Gasteiger partial charge in [0, 0.05) is 10.0 Å². The van der Waals surface area contributed by atoms with Crippen LogP contribution in [0.4, 0.5) is 0 Å². The molecule has 0 aliphatic rings. The van der Waals surface area contributed by atoms with E-state index in [-0.39, 0.29) is 5.91 Å². The molecule has 2 N–H and O–H groups in total. The first-order valence-electron chi connectivity index (χ1n) is 6.79. The van der Waals surface area contributed by atoms with E-state index in [1.807, 2.05) is 6.07 Å². The fourth-order valence-electron chi connectivity index (χ4n) is 1.79. The largest absolute Gasteiger partial charge is 0.480 e. The Morgan fingerprint density at radius 1 is 1.16 bits per heavy atom.